The Morgan fingerprint density at radius 3 is 2.54 bits per heavy atom. The molecule has 0 radical (unpaired) electrons. The van der Waals surface area contributed by atoms with Crippen LogP contribution in [0.15, 0.2) is 36.4 Å². The summed E-state index contributed by atoms with van der Waals surface area (Å²) in [5.41, 5.74) is 1.66. The van der Waals surface area contributed by atoms with Crippen molar-refractivity contribution in [1.82, 2.24) is 0 Å². The minimum absolute atomic E-state index is 0.588. The highest BCUT2D eigenvalue weighted by atomic mass is 16.5. The van der Waals surface area contributed by atoms with Crippen LogP contribution in [0.1, 0.15) is 5.56 Å². The second-order valence-electron chi connectivity index (χ2n) is 2.80. The van der Waals surface area contributed by atoms with Gasteiger partial charge >= 0.3 is 0 Å². The van der Waals surface area contributed by atoms with Gasteiger partial charge in [-0.15, -0.1) is 0 Å². The van der Waals surface area contributed by atoms with Gasteiger partial charge in [0, 0.05) is 6.42 Å². The highest BCUT2D eigenvalue weighted by Crippen LogP contribution is 2.12. The van der Waals surface area contributed by atoms with E-state index in [1.54, 1.807) is 7.11 Å². The Bertz CT molecular complexity index is 298. The van der Waals surface area contributed by atoms with Crippen molar-refractivity contribution in [1.29, 1.82) is 0 Å². The lowest BCUT2D eigenvalue weighted by Crippen LogP contribution is -1.90. The van der Waals surface area contributed by atoms with Crippen LogP contribution in [-0.4, -0.2) is 13.4 Å². The monoisotopic (exact) mass is 176 g/mol. The van der Waals surface area contributed by atoms with Crippen molar-refractivity contribution in [2.24, 2.45) is 0 Å². The molecular weight excluding hydrogens is 164 g/mol. The van der Waals surface area contributed by atoms with Crippen LogP contribution in [0.4, 0.5) is 0 Å². The number of aldehydes is 1. The lowest BCUT2D eigenvalue weighted by Gasteiger charge is -2.01. The van der Waals surface area contributed by atoms with Crippen molar-refractivity contribution in [3.63, 3.8) is 0 Å². The highest BCUT2D eigenvalue weighted by Gasteiger charge is 1.96. The van der Waals surface area contributed by atoms with E-state index >= 15 is 0 Å². The molecule has 1 aromatic rings. The molecule has 0 aromatic heterocycles. The van der Waals surface area contributed by atoms with Gasteiger partial charge in [0.2, 0.25) is 0 Å². The molecule has 0 unspecified atom stereocenters. The summed E-state index contributed by atoms with van der Waals surface area (Å²) in [7, 11) is 1.62. The third kappa shape index (κ3) is 2.75. The van der Waals surface area contributed by atoms with Crippen LogP contribution in [0.3, 0.4) is 0 Å². The Hall–Kier alpha value is -1.57. The van der Waals surface area contributed by atoms with Crippen molar-refractivity contribution >= 4 is 6.29 Å². The molecule has 0 saturated carbocycles. The number of carbonyl (C=O) groups excluding carboxylic acids is 1. The molecule has 0 amide bonds. The first-order valence-corrected chi connectivity index (χ1v) is 4.02. The number of hydrogen-bond acceptors (Lipinski definition) is 2. The fraction of sp³-hybridized carbons (Fsp3) is 0.182. The number of allylic oxidation sites excluding steroid dienone is 1. The molecule has 0 heterocycles. The Labute approximate surface area is 77.8 Å². The maximum Gasteiger partial charge on any atom is 0.145 e. The Morgan fingerprint density at radius 1 is 1.46 bits per heavy atom. The van der Waals surface area contributed by atoms with Gasteiger partial charge in [-0.2, -0.15) is 0 Å². The summed E-state index contributed by atoms with van der Waals surface area (Å²) in [6.07, 6.45) is 1.39. The average Bonchev–Trinajstić information content (AvgIpc) is 2.19. The number of carbonyl (C=O) groups is 1. The van der Waals surface area contributed by atoms with Gasteiger partial charge in [-0.25, -0.2) is 0 Å². The molecule has 2 heteroatoms. The summed E-state index contributed by atoms with van der Waals surface area (Å²) in [5, 5.41) is 0. The fourth-order valence-electron chi connectivity index (χ4n) is 1.05. The van der Waals surface area contributed by atoms with E-state index in [0.717, 1.165) is 17.6 Å². The molecule has 0 aliphatic heterocycles. The quantitative estimate of drug-likeness (QED) is 0.518. The zero-order chi connectivity index (χ0) is 9.68. The van der Waals surface area contributed by atoms with Crippen LogP contribution in [-0.2, 0) is 11.2 Å². The Morgan fingerprint density at radius 2 is 2.08 bits per heavy atom. The molecule has 0 aliphatic rings. The van der Waals surface area contributed by atoms with Gasteiger partial charge in [0.1, 0.15) is 12.0 Å². The van der Waals surface area contributed by atoms with Crippen LogP contribution < -0.4 is 4.74 Å². The summed E-state index contributed by atoms with van der Waals surface area (Å²) < 4.78 is 5.01. The van der Waals surface area contributed by atoms with Crippen LogP contribution in [0.25, 0.3) is 0 Å². The average molecular weight is 176 g/mol. The zero-order valence-electron chi connectivity index (χ0n) is 7.62. The molecule has 1 aromatic carbocycles. The van der Waals surface area contributed by atoms with E-state index in [4.69, 9.17) is 4.74 Å². The minimum atomic E-state index is 0.588. The third-order valence-corrected chi connectivity index (χ3v) is 1.76. The molecule has 0 N–H and O–H groups in total. The first kappa shape index (κ1) is 9.52. The van der Waals surface area contributed by atoms with Crippen molar-refractivity contribution in [3.8, 4) is 5.75 Å². The predicted molar refractivity (Wildman–Crippen MR) is 51.9 cm³/mol. The standard InChI is InChI=1S/C11H12O2/c1-9(8-12)7-10-3-5-11(13-2)6-4-10/h3-6,8H,1,7H2,2H3. The molecule has 68 valence electrons. The molecule has 1 rings (SSSR count). The Balaban J connectivity index is 2.69. The summed E-state index contributed by atoms with van der Waals surface area (Å²) in [6.45, 7) is 3.61. The summed E-state index contributed by atoms with van der Waals surface area (Å²) in [4.78, 5) is 10.3. The molecular formula is C11H12O2. The maximum atomic E-state index is 10.3. The SMILES string of the molecule is C=C(C=O)Cc1ccc(OC)cc1. The van der Waals surface area contributed by atoms with E-state index in [-0.39, 0.29) is 0 Å². The van der Waals surface area contributed by atoms with Crippen molar-refractivity contribution in [3.05, 3.63) is 42.0 Å². The maximum absolute atomic E-state index is 10.3. The Kier molecular flexibility index (Phi) is 3.26. The zero-order valence-corrected chi connectivity index (χ0v) is 7.62. The molecule has 0 atom stereocenters. The van der Waals surface area contributed by atoms with Gasteiger partial charge in [-0.1, -0.05) is 18.7 Å². The van der Waals surface area contributed by atoms with E-state index in [1.807, 2.05) is 24.3 Å². The third-order valence-electron chi connectivity index (χ3n) is 1.76. The van der Waals surface area contributed by atoms with Crippen molar-refractivity contribution in [2.45, 2.75) is 6.42 Å². The van der Waals surface area contributed by atoms with E-state index in [2.05, 4.69) is 6.58 Å². The van der Waals surface area contributed by atoms with Gasteiger partial charge in [0.25, 0.3) is 0 Å². The number of ether oxygens (including phenoxy) is 1. The van der Waals surface area contributed by atoms with Gasteiger partial charge in [-0.05, 0) is 23.3 Å². The van der Waals surface area contributed by atoms with Crippen LogP contribution >= 0.6 is 0 Å². The lowest BCUT2D eigenvalue weighted by molar-refractivity contribution is -0.104. The fourth-order valence-corrected chi connectivity index (χ4v) is 1.05. The second kappa shape index (κ2) is 4.45. The van der Waals surface area contributed by atoms with Crippen molar-refractivity contribution < 1.29 is 9.53 Å². The normalized spacial score (nSPS) is 9.31. The molecule has 0 fully saturated rings. The summed E-state index contributed by atoms with van der Waals surface area (Å²) >= 11 is 0. The molecule has 0 spiro atoms. The molecule has 0 bridgehead atoms. The van der Waals surface area contributed by atoms with E-state index in [1.165, 1.54) is 0 Å². The molecule has 13 heavy (non-hydrogen) atoms. The van der Waals surface area contributed by atoms with Gasteiger partial charge in [0.15, 0.2) is 0 Å². The highest BCUT2D eigenvalue weighted by molar-refractivity contribution is 5.72. The molecule has 0 saturated heterocycles. The first-order chi connectivity index (χ1) is 6.26. The predicted octanol–water partition coefficient (Wildman–Crippen LogP) is 1.99. The van der Waals surface area contributed by atoms with Gasteiger partial charge < -0.3 is 4.74 Å². The number of methoxy groups -OCH3 is 1. The van der Waals surface area contributed by atoms with Crippen molar-refractivity contribution in [2.75, 3.05) is 7.11 Å². The van der Waals surface area contributed by atoms with Gasteiger partial charge in [0.05, 0.1) is 7.11 Å². The van der Waals surface area contributed by atoms with E-state index in [0.29, 0.717) is 12.0 Å². The lowest BCUT2D eigenvalue weighted by atomic mass is 10.1. The van der Waals surface area contributed by atoms with E-state index < -0.39 is 0 Å². The van der Waals surface area contributed by atoms with Crippen LogP contribution in [0.2, 0.25) is 0 Å². The van der Waals surface area contributed by atoms with Crippen LogP contribution in [0.5, 0.6) is 5.75 Å². The van der Waals surface area contributed by atoms with Gasteiger partial charge in [-0.3, -0.25) is 4.79 Å². The summed E-state index contributed by atoms with van der Waals surface area (Å²) in [6, 6.07) is 7.59. The second-order valence-corrected chi connectivity index (χ2v) is 2.80. The number of benzene rings is 1. The molecule has 2 nitrogen and oxygen atoms in total. The first-order valence-electron chi connectivity index (χ1n) is 4.02. The largest absolute Gasteiger partial charge is 0.497 e. The topological polar surface area (TPSA) is 26.3 Å². The number of rotatable bonds is 4. The minimum Gasteiger partial charge on any atom is -0.497 e. The summed E-state index contributed by atoms with van der Waals surface area (Å²) in [5.74, 6) is 0.820. The molecule has 0 aliphatic carbocycles. The smallest absolute Gasteiger partial charge is 0.145 e. The van der Waals surface area contributed by atoms with E-state index in [9.17, 15) is 4.79 Å². The van der Waals surface area contributed by atoms with Crippen LogP contribution in [0, 0.1) is 0 Å². The number of hydrogen-bond donors (Lipinski definition) is 0.